The maximum absolute atomic E-state index is 5.97. The summed E-state index contributed by atoms with van der Waals surface area (Å²) >= 11 is 9.55. The van der Waals surface area contributed by atoms with Crippen LogP contribution in [0.15, 0.2) is 47.2 Å². The van der Waals surface area contributed by atoms with Gasteiger partial charge in [0.1, 0.15) is 17.2 Å². The Morgan fingerprint density at radius 1 is 1.10 bits per heavy atom. The van der Waals surface area contributed by atoms with Crippen molar-refractivity contribution in [2.45, 2.75) is 6.92 Å². The summed E-state index contributed by atoms with van der Waals surface area (Å²) in [6.45, 7) is 1.83. The Morgan fingerprint density at radius 2 is 1.90 bits per heavy atom. The van der Waals surface area contributed by atoms with Crippen LogP contribution >= 0.6 is 27.5 Å². The Kier molecular flexibility index (Phi) is 3.59. The summed E-state index contributed by atoms with van der Waals surface area (Å²) in [6.07, 6.45) is 1.39. The molecule has 0 N–H and O–H groups in total. The van der Waals surface area contributed by atoms with Crippen LogP contribution in [0, 0.1) is 6.92 Å². The zero-order valence-electron chi connectivity index (χ0n) is 10.6. The minimum absolute atomic E-state index is 0.395. The third-order valence-corrected chi connectivity index (χ3v) is 4.21. The zero-order chi connectivity index (χ0) is 14.1. The predicted molar refractivity (Wildman–Crippen MR) is 83.5 cm³/mol. The highest BCUT2D eigenvalue weighted by Gasteiger charge is 2.11. The van der Waals surface area contributed by atoms with Gasteiger partial charge in [-0.25, -0.2) is 9.97 Å². The van der Waals surface area contributed by atoms with Gasteiger partial charge in [-0.3, -0.25) is 0 Å². The average Bonchev–Trinajstić information content (AvgIpc) is 2.47. The largest absolute Gasteiger partial charge is 0.437 e. The number of benzene rings is 2. The van der Waals surface area contributed by atoms with Crippen molar-refractivity contribution in [3.05, 3.63) is 57.9 Å². The van der Waals surface area contributed by atoms with E-state index in [4.69, 9.17) is 16.3 Å². The van der Waals surface area contributed by atoms with Crippen molar-refractivity contribution in [3.63, 3.8) is 0 Å². The first-order valence-corrected chi connectivity index (χ1v) is 7.16. The molecule has 0 aliphatic carbocycles. The van der Waals surface area contributed by atoms with Crippen LogP contribution in [0.3, 0.4) is 0 Å². The van der Waals surface area contributed by atoms with Crippen LogP contribution in [0.4, 0.5) is 0 Å². The molecule has 100 valence electrons. The molecule has 1 heterocycles. The number of fused-ring (bicyclic) bond motifs is 1. The van der Waals surface area contributed by atoms with Crippen LogP contribution in [0.1, 0.15) is 5.56 Å². The molecule has 0 aliphatic heterocycles. The van der Waals surface area contributed by atoms with Crippen LogP contribution in [-0.2, 0) is 0 Å². The molecule has 3 aromatic rings. The van der Waals surface area contributed by atoms with Gasteiger partial charge in [0, 0.05) is 5.56 Å². The molecule has 1 aromatic heterocycles. The Morgan fingerprint density at radius 3 is 2.75 bits per heavy atom. The number of hydrogen-bond acceptors (Lipinski definition) is 3. The fourth-order valence-electron chi connectivity index (χ4n) is 1.91. The predicted octanol–water partition coefficient (Wildman–Crippen LogP) is 5.15. The molecule has 0 atom stereocenters. The minimum atomic E-state index is 0.395. The highest BCUT2D eigenvalue weighted by Crippen LogP contribution is 2.36. The second-order valence-electron chi connectivity index (χ2n) is 4.30. The highest BCUT2D eigenvalue weighted by molar-refractivity contribution is 9.10. The molecule has 20 heavy (non-hydrogen) atoms. The molecule has 0 saturated heterocycles. The van der Waals surface area contributed by atoms with Gasteiger partial charge in [-0.15, -0.1) is 0 Å². The molecule has 0 bridgehead atoms. The molecule has 0 spiro atoms. The monoisotopic (exact) mass is 348 g/mol. The van der Waals surface area contributed by atoms with E-state index >= 15 is 0 Å². The summed E-state index contributed by atoms with van der Waals surface area (Å²) in [6, 6.07) is 12.0. The number of aromatic nitrogens is 2. The van der Waals surface area contributed by atoms with E-state index in [0.29, 0.717) is 22.3 Å². The fraction of sp³-hybridized carbons (Fsp3) is 0.0667. The van der Waals surface area contributed by atoms with Crippen molar-refractivity contribution in [2.75, 3.05) is 0 Å². The van der Waals surface area contributed by atoms with Gasteiger partial charge in [0.2, 0.25) is 5.88 Å². The summed E-state index contributed by atoms with van der Waals surface area (Å²) in [5, 5.41) is 2.62. The third kappa shape index (κ3) is 2.37. The summed E-state index contributed by atoms with van der Waals surface area (Å²) in [7, 11) is 0. The van der Waals surface area contributed by atoms with Crippen LogP contribution in [0.2, 0.25) is 5.15 Å². The minimum Gasteiger partial charge on any atom is -0.437 e. The van der Waals surface area contributed by atoms with Crippen molar-refractivity contribution >= 4 is 38.3 Å². The Labute approximate surface area is 129 Å². The van der Waals surface area contributed by atoms with Crippen molar-refractivity contribution in [3.8, 4) is 11.6 Å². The van der Waals surface area contributed by atoms with Gasteiger partial charge in [-0.1, -0.05) is 41.9 Å². The molecule has 0 amide bonds. The number of hydrogen-bond donors (Lipinski definition) is 0. The van der Waals surface area contributed by atoms with E-state index in [9.17, 15) is 0 Å². The normalized spacial score (nSPS) is 10.8. The van der Waals surface area contributed by atoms with Crippen molar-refractivity contribution in [2.24, 2.45) is 0 Å². The Balaban J connectivity index is 2.07. The van der Waals surface area contributed by atoms with Crippen molar-refractivity contribution in [1.82, 2.24) is 9.97 Å². The number of halogens is 2. The van der Waals surface area contributed by atoms with Crippen LogP contribution in [0.5, 0.6) is 11.6 Å². The Bertz CT molecular complexity index is 792. The van der Waals surface area contributed by atoms with E-state index in [2.05, 4.69) is 32.0 Å². The molecule has 0 aliphatic rings. The quantitative estimate of drug-likeness (QED) is 0.600. The molecular weight excluding hydrogens is 340 g/mol. The second kappa shape index (κ2) is 5.38. The average molecular weight is 350 g/mol. The van der Waals surface area contributed by atoms with E-state index in [1.807, 2.05) is 37.3 Å². The maximum Gasteiger partial charge on any atom is 0.226 e. The zero-order valence-corrected chi connectivity index (χ0v) is 12.9. The lowest BCUT2D eigenvalue weighted by Crippen LogP contribution is -1.94. The number of nitrogens with zero attached hydrogens (tertiary/aromatic N) is 2. The molecular formula is C15H10BrClN2O. The van der Waals surface area contributed by atoms with Crippen molar-refractivity contribution < 1.29 is 4.74 Å². The first kappa shape index (κ1) is 13.3. The molecule has 3 nitrogen and oxygen atoms in total. The van der Waals surface area contributed by atoms with Gasteiger partial charge in [0.25, 0.3) is 0 Å². The molecule has 0 fully saturated rings. The lowest BCUT2D eigenvalue weighted by Gasteiger charge is -2.11. The summed E-state index contributed by atoms with van der Waals surface area (Å²) in [4.78, 5) is 8.03. The SMILES string of the molecule is Cc1c(Cl)ncnc1Oc1ccc2ccccc2c1Br. The van der Waals surface area contributed by atoms with E-state index in [1.165, 1.54) is 6.33 Å². The first-order valence-electron chi connectivity index (χ1n) is 5.99. The second-order valence-corrected chi connectivity index (χ2v) is 5.45. The lowest BCUT2D eigenvalue weighted by molar-refractivity contribution is 0.455. The molecule has 5 heteroatoms. The van der Waals surface area contributed by atoms with Gasteiger partial charge in [-0.05, 0) is 39.7 Å². The lowest BCUT2D eigenvalue weighted by atomic mass is 10.1. The van der Waals surface area contributed by atoms with E-state index < -0.39 is 0 Å². The van der Waals surface area contributed by atoms with E-state index in [-0.39, 0.29) is 0 Å². The maximum atomic E-state index is 5.97. The van der Waals surface area contributed by atoms with Gasteiger partial charge in [0.05, 0.1) is 4.47 Å². The van der Waals surface area contributed by atoms with Crippen LogP contribution in [-0.4, -0.2) is 9.97 Å². The van der Waals surface area contributed by atoms with Gasteiger partial charge < -0.3 is 4.74 Å². The molecule has 0 unspecified atom stereocenters. The molecule has 0 saturated carbocycles. The van der Waals surface area contributed by atoms with Gasteiger partial charge >= 0.3 is 0 Å². The summed E-state index contributed by atoms with van der Waals surface area (Å²) < 4.78 is 6.74. The van der Waals surface area contributed by atoms with Gasteiger partial charge in [-0.2, -0.15) is 0 Å². The molecule has 0 radical (unpaired) electrons. The fourth-order valence-corrected chi connectivity index (χ4v) is 2.61. The summed E-state index contributed by atoms with van der Waals surface area (Å²) in [5.41, 5.74) is 0.717. The first-order chi connectivity index (χ1) is 9.66. The van der Waals surface area contributed by atoms with E-state index in [0.717, 1.165) is 15.2 Å². The topological polar surface area (TPSA) is 35.0 Å². The van der Waals surface area contributed by atoms with Crippen LogP contribution < -0.4 is 4.74 Å². The standard InChI is InChI=1S/C15H10BrClN2O/c1-9-14(17)18-8-19-15(9)20-12-7-6-10-4-2-3-5-11(10)13(12)16/h2-8H,1H3. The van der Waals surface area contributed by atoms with E-state index in [1.54, 1.807) is 0 Å². The molecule has 2 aromatic carbocycles. The van der Waals surface area contributed by atoms with Gasteiger partial charge in [0.15, 0.2) is 0 Å². The number of ether oxygens (including phenoxy) is 1. The smallest absolute Gasteiger partial charge is 0.226 e. The Hall–Kier alpha value is -1.65. The van der Waals surface area contributed by atoms with Crippen molar-refractivity contribution in [1.29, 1.82) is 0 Å². The third-order valence-electron chi connectivity index (χ3n) is 3.01. The molecule has 3 rings (SSSR count). The summed E-state index contributed by atoms with van der Waals surface area (Å²) in [5.74, 6) is 1.16. The number of rotatable bonds is 2. The van der Waals surface area contributed by atoms with Crippen LogP contribution in [0.25, 0.3) is 10.8 Å². The highest BCUT2D eigenvalue weighted by atomic mass is 79.9.